The fourth-order valence-corrected chi connectivity index (χ4v) is 1.64. The first-order valence-corrected chi connectivity index (χ1v) is 5.69. The first-order valence-electron chi connectivity index (χ1n) is 5.69. The van der Waals surface area contributed by atoms with E-state index in [0.717, 1.165) is 12.8 Å². The van der Waals surface area contributed by atoms with Gasteiger partial charge in [-0.2, -0.15) is 0 Å². The first kappa shape index (κ1) is 11.8. The van der Waals surface area contributed by atoms with Gasteiger partial charge in [0.25, 0.3) is 0 Å². The second kappa shape index (κ2) is 5.59. The summed E-state index contributed by atoms with van der Waals surface area (Å²) in [5.74, 6) is 0. The summed E-state index contributed by atoms with van der Waals surface area (Å²) in [6.07, 6.45) is 4.23. The monoisotopic (exact) mass is 203 g/mol. The average molecular weight is 203 g/mol. The summed E-state index contributed by atoms with van der Waals surface area (Å²) in [5, 5.41) is 3.42. The predicted molar refractivity (Wildman–Crippen MR) is 68.3 cm³/mol. The maximum Gasteiger partial charge on any atom is 0.0444 e. The second-order valence-electron chi connectivity index (χ2n) is 4.02. The fourth-order valence-electron chi connectivity index (χ4n) is 1.64. The Hall–Kier alpha value is -1.24. The molecule has 0 unspecified atom stereocenters. The van der Waals surface area contributed by atoms with Crippen LogP contribution in [0.3, 0.4) is 0 Å². The Kier molecular flexibility index (Phi) is 4.41. The maximum absolute atomic E-state index is 3.42. The molecule has 15 heavy (non-hydrogen) atoms. The molecule has 1 heteroatoms. The highest BCUT2D eigenvalue weighted by molar-refractivity contribution is 5.59. The van der Waals surface area contributed by atoms with Crippen molar-refractivity contribution >= 4 is 5.69 Å². The van der Waals surface area contributed by atoms with Crippen LogP contribution in [-0.4, -0.2) is 0 Å². The van der Waals surface area contributed by atoms with Gasteiger partial charge in [-0.25, -0.2) is 0 Å². The van der Waals surface area contributed by atoms with Crippen LogP contribution >= 0.6 is 0 Å². The molecule has 82 valence electrons. The minimum atomic E-state index is 1.08. The summed E-state index contributed by atoms with van der Waals surface area (Å²) in [5.41, 5.74) is 5.38. The highest BCUT2D eigenvalue weighted by Crippen LogP contribution is 2.22. The molecule has 1 aromatic rings. The molecule has 0 saturated heterocycles. The number of para-hydroxylation sites is 1. The number of hydrogen-bond acceptors (Lipinski definition) is 1. The lowest BCUT2D eigenvalue weighted by Crippen LogP contribution is -1.99. The number of hydrogen-bond donors (Lipinski definition) is 1. The van der Waals surface area contributed by atoms with Gasteiger partial charge in [0.2, 0.25) is 0 Å². The number of benzene rings is 1. The summed E-state index contributed by atoms with van der Waals surface area (Å²) in [6.45, 7) is 8.60. The molecule has 0 spiro atoms. The van der Waals surface area contributed by atoms with E-state index in [9.17, 15) is 0 Å². The van der Waals surface area contributed by atoms with Gasteiger partial charge in [0, 0.05) is 5.69 Å². The molecule has 0 aliphatic rings. The van der Waals surface area contributed by atoms with E-state index in [1.807, 2.05) is 0 Å². The summed E-state index contributed by atoms with van der Waals surface area (Å²) in [6, 6.07) is 6.53. The van der Waals surface area contributed by atoms with Crippen LogP contribution in [0.25, 0.3) is 0 Å². The van der Waals surface area contributed by atoms with Crippen molar-refractivity contribution in [2.45, 2.75) is 40.5 Å². The molecular weight excluding hydrogens is 182 g/mol. The van der Waals surface area contributed by atoms with Gasteiger partial charge >= 0.3 is 0 Å². The number of allylic oxidation sites excluding steroid dienone is 1. The third-order valence-corrected chi connectivity index (χ3v) is 2.50. The van der Waals surface area contributed by atoms with Crippen molar-refractivity contribution in [1.29, 1.82) is 0 Å². The standard InChI is InChI=1S/C14H21N/c1-5-12-8-7-9-13(6-2)14(12)15-10-11(3)4/h7-10,15H,5-6H2,1-4H3. The molecule has 0 radical (unpaired) electrons. The highest BCUT2D eigenvalue weighted by atomic mass is 14.8. The van der Waals surface area contributed by atoms with Crippen LogP contribution < -0.4 is 5.32 Å². The third-order valence-electron chi connectivity index (χ3n) is 2.50. The lowest BCUT2D eigenvalue weighted by molar-refractivity contribution is 1.09. The van der Waals surface area contributed by atoms with Crippen LogP contribution in [0.1, 0.15) is 38.8 Å². The van der Waals surface area contributed by atoms with Gasteiger partial charge < -0.3 is 5.32 Å². The average Bonchev–Trinajstić information content (AvgIpc) is 2.25. The van der Waals surface area contributed by atoms with Crippen molar-refractivity contribution in [2.24, 2.45) is 0 Å². The zero-order valence-corrected chi connectivity index (χ0v) is 10.2. The zero-order chi connectivity index (χ0) is 11.3. The van der Waals surface area contributed by atoms with Crippen LogP contribution in [0.2, 0.25) is 0 Å². The molecule has 0 saturated carbocycles. The minimum Gasteiger partial charge on any atom is -0.361 e. The Morgan fingerprint density at radius 1 is 1.13 bits per heavy atom. The molecule has 1 aromatic carbocycles. The quantitative estimate of drug-likeness (QED) is 0.775. The summed E-state index contributed by atoms with van der Waals surface area (Å²) >= 11 is 0. The molecule has 0 amide bonds. The molecule has 0 aliphatic carbocycles. The third kappa shape index (κ3) is 3.12. The van der Waals surface area contributed by atoms with E-state index in [2.05, 4.69) is 57.4 Å². The van der Waals surface area contributed by atoms with Gasteiger partial charge in [0.05, 0.1) is 0 Å². The van der Waals surface area contributed by atoms with E-state index >= 15 is 0 Å². The van der Waals surface area contributed by atoms with E-state index in [1.165, 1.54) is 22.4 Å². The Morgan fingerprint density at radius 2 is 1.67 bits per heavy atom. The number of nitrogens with one attached hydrogen (secondary N) is 1. The number of anilines is 1. The van der Waals surface area contributed by atoms with Crippen molar-refractivity contribution < 1.29 is 0 Å². The van der Waals surface area contributed by atoms with E-state index < -0.39 is 0 Å². The molecule has 0 aromatic heterocycles. The Bertz CT molecular complexity index is 324. The predicted octanol–water partition coefficient (Wildman–Crippen LogP) is 4.15. The van der Waals surface area contributed by atoms with Crippen molar-refractivity contribution in [2.75, 3.05) is 5.32 Å². The molecule has 1 rings (SSSR count). The Morgan fingerprint density at radius 3 is 2.07 bits per heavy atom. The van der Waals surface area contributed by atoms with Crippen LogP contribution in [0, 0.1) is 0 Å². The number of aryl methyl sites for hydroxylation is 2. The highest BCUT2D eigenvalue weighted by Gasteiger charge is 2.03. The maximum atomic E-state index is 3.42. The van der Waals surface area contributed by atoms with Gasteiger partial charge in [-0.15, -0.1) is 0 Å². The molecule has 0 heterocycles. The second-order valence-corrected chi connectivity index (χ2v) is 4.02. The lowest BCUT2D eigenvalue weighted by Gasteiger charge is -2.13. The molecular formula is C14H21N. The molecule has 0 aliphatic heterocycles. The normalized spacial score (nSPS) is 9.87. The Balaban J connectivity index is 3.05. The van der Waals surface area contributed by atoms with Crippen LogP contribution in [-0.2, 0) is 12.8 Å². The van der Waals surface area contributed by atoms with E-state index in [-0.39, 0.29) is 0 Å². The van der Waals surface area contributed by atoms with Crippen LogP contribution in [0.4, 0.5) is 5.69 Å². The van der Waals surface area contributed by atoms with Crippen molar-refractivity contribution in [3.8, 4) is 0 Å². The molecule has 1 N–H and O–H groups in total. The lowest BCUT2D eigenvalue weighted by atomic mass is 10.0. The van der Waals surface area contributed by atoms with E-state index in [1.54, 1.807) is 0 Å². The summed E-state index contributed by atoms with van der Waals surface area (Å²) in [7, 11) is 0. The summed E-state index contributed by atoms with van der Waals surface area (Å²) in [4.78, 5) is 0. The SMILES string of the molecule is CCc1cccc(CC)c1NC=C(C)C. The minimum absolute atomic E-state index is 1.08. The zero-order valence-electron chi connectivity index (χ0n) is 10.2. The van der Waals surface area contributed by atoms with Crippen LogP contribution in [0.5, 0.6) is 0 Å². The van der Waals surface area contributed by atoms with E-state index in [4.69, 9.17) is 0 Å². The van der Waals surface area contributed by atoms with Gasteiger partial charge in [-0.1, -0.05) is 37.6 Å². The first-order chi connectivity index (χ1) is 7.19. The smallest absolute Gasteiger partial charge is 0.0444 e. The van der Waals surface area contributed by atoms with Gasteiger partial charge in [0.1, 0.15) is 0 Å². The van der Waals surface area contributed by atoms with Crippen molar-refractivity contribution in [3.63, 3.8) is 0 Å². The van der Waals surface area contributed by atoms with Crippen LogP contribution in [0.15, 0.2) is 30.0 Å². The number of rotatable bonds is 4. The summed E-state index contributed by atoms with van der Waals surface area (Å²) < 4.78 is 0. The topological polar surface area (TPSA) is 12.0 Å². The van der Waals surface area contributed by atoms with Crippen molar-refractivity contribution in [1.82, 2.24) is 0 Å². The fraction of sp³-hybridized carbons (Fsp3) is 0.429. The molecule has 0 bridgehead atoms. The largest absolute Gasteiger partial charge is 0.361 e. The van der Waals surface area contributed by atoms with E-state index in [0.29, 0.717) is 0 Å². The Labute approximate surface area is 93.2 Å². The van der Waals surface area contributed by atoms with Gasteiger partial charge in [-0.05, 0) is 44.0 Å². The van der Waals surface area contributed by atoms with Crippen molar-refractivity contribution in [3.05, 3.63) is 41.1 Å². The van der Waals surface area contributed by atoms with Gasteiger partial charge in [-0.3, -0.25) is 0 Å². The molecule has 1 nitrogen and oxygen atoms in total. The molecule has 0 atom stereocenters. The molecule has 0 fully saturated rings. The van der Waals surface area contributed by atoms with Gasteiger partial charge in [0.15, 0.2) is 0 Å².